The normalized spacial score (nSPS) is 12.2. The highest BCUT2D eigenvalue weighted by molar-refractivity contribution is 5.36. The zero-order valence-electron chi connectivity index (χ0n) is 12.1. The number of rotatable bonds is 4. The minimum Gasteiger partial charge on any atom is -0.494 e. The van der Waals surface area contributed by atoms with Gasteiger partial charge < -0.3 is 10.5 Å². The maximum atomic E-state index is 14.2. The fraction of sp³-hybridized carbons (Fsp3) is 0.294. The van der Waals surface area contributed by atoms with E-state index >= 15 is 0 Å². The molecule has 0 spiro atoms. The highest BCUT2D eigenvalue weighted by atomic mass is 19.1. The van der Waals surface area contributed by atoms with Crippen LogP contribution in [0.5, 0.6) is 5.75 Å². The average molecular weight is 273 g/mol. The van der Waals surface area contributed by atoms with E-state index in [1.165, 1.54) is 18.2 Å². The first kappa shape index (κ1) is 14.5. The summed E-state index contributed by atoms with van der Waals surface area (Å²) in [7, 11) is 1.46. The molecule has 0 aliphatic rings. The molecule has 0 aliphatic heterocycles. The largest absolute Gasteiger partial charge is 0.494 e. The van der Waals surface area contributed by atoms with E-state index in [-0.39, 0.29) is 17.6 Å². The summed E-state index contributed by atoms with van der Waals surface area (Å²) < 4.78 is 19.2. The number of halogens is 1. The van der Waals surface area contributed by atoms with Crippen LogP contribution in [0.3, 0.4) is 0 Å². The lowest BCUT2D eigenvalue weighted by atomic mass is 9.95. The second-order valence-electron chi connectivity index (χ2n) is 5.10. The zero-order chi connectivity index (χ0) is 14.7. The van der Waals surface area contributed by atoms with Crippen LogP contribution in [0, 0.1) is 19.7 Å². The summed E-state index contributed by atoms with van der Waals surface area (Å²) in [5, 5.41) is 0. The van der Waals surface area contributed by atoms with Gasteiger partial charge in [0.05, 0.1) is 7.11 Å². The molecule has 0 saturated carbocycles. The van der Waals surface area contributed by atoms with Crippen LogP contribution >= 0.6 is 0 Å². The molecule has 1 unspecified atom stereocenters. The fourth-order valence-electron chi connectivity index (χ4n) is 2.34. The van der Waals surface area contributed by atoms with Gasteiger partial charge in [-0.25, -0.2) is 4.39 Å². The van der Waals surface area contributed by atoms with Crippen molar-refractivity contribution in [1.29, 1.82) is 0 Å². The van der Waals surface area contributed by atoms with Gasteiger partial charge in [-0.15, -0.1) is 0 Å². The average Bonchev–Trinajstić information content (AvgIpc) is 2.43. The molecule has 2 nitrogen and oxygen atoms in total. The highest BCUT2D eigenvalue weighted by Crippen LogP contribution is 2.26. The third-order valence-corrected chi connectivity index (χ3v) is 3.56. The van der Waals surface area contributed by atoms with E-state index < -0.39 is 0 Å². The van der Waals surface area contributed by atoms with Crippen molar-refractivity contribution >= 4 is 0 Å². The number of methoxy groups -OCH3 is 1. The molecule has 2 aromatic carbocycles. The number of benzene rings is 2. The highest BCUT2D eigenvalue weighted by Gasteiger charge is 2.16. The molecule has 3 heteroatoms. The lowest BCUT2D eigenvalue weighted by Crippen LogP contribution is -2.16. The van der Waals surface area contributed by atoms with Gasteiger partial charge in [-0.2, -0.15) is 0 Å². The van der Waals surface area contributed by atoms with Gasteiger partial charge in [-0.05, 0) is 37.5 Å². The van der Waals surface area contributed by atoms with Gasteiger partial charge in [0.15, 0.2) is 11.6 Å². The monoisotopic (exact) mass is 273 g/mol. The van der Waals surface area contributed by atoms with E-state index in [1.807, 2.05) is 13.8 Å². The molecular formula is C17H20FNO. The topological polar surface area (TPSA) is 35.2 Å². The lowest BCUT2D eigenvalue weighted by molar-refractivity contribution is 0.382. The Morgan fingerprint density at radius 2 is 1.95 bits per heavy atom. The van der Waals surface area contributed by atoms with Crippen molar-refractivity contribution in [3.63, 3.8) is 0 Å². The standard InChI is InChI=1S/C17H20FNO/c1-11-7-8-12(2)13(9-11)10-15(19)14-5-4-6-16(20-3)17(14)18/h4-9,15H,10,19H2,1-3H3. The molecule has 0 amide bonds. The van der Waals surface area contributed by atoms with E-state index in [1.54, 1.807) is 18.2 Å². The van der Waals surface area contributed by atoms with Crippen molar-refractivity contribution in [3.05, 3.63) is 64.5 Å². The first-order chi connectivity index (χ1) is 9.52. The third kappa shape index (κ3) is 2.99. The van der Waals surface area contributed by atoms with Crippen LogP contribution in [0.2, 0.25) is 0 Å². The fourth-order valence-corrected chi connectivity index (χ4v) is 2.34. The summed E-state index contributed by atoms with van der Waals surface area (Å²) in [6.45, 7) is 4.09. The molecule has 0 radical (unpaired) electrons. The maximum absolute atomic E-state index is 14.2. The van der Waals surface area contributed by atoms with E-state index in [2.05, 4.69) is 18.2 Å². The van der Waals surface area contributed by atoms with Crippen LogP contribution < -0.4 is 10.5 Å². The van der Waals surface area contributed by atoms with Gasteiger partial charge in [-0.3, -0.25) is 0 Å². The van der Waals surface area contributed by atoms with Crippen molar-refractivity contribution in [2.45, 2.75) is 26.3 Å². The number of hydrogen-bond acceptors (Lipinski definition) is 2. The minimum atomic E-state index is -0.384. The van der Waals surface area contributed by atoms with E-state index in [9.17, 15) is 4.39 Å². The first-order valence-electron chi connectivity index (χ1n) is 6.67. The Labute approximate surface area is 119 Å². The first-order valence-corrected chi connectivity index (χ1v) is 6.67. The number of aryl methyl sites for hydroxylation is 2. The summed E-state index contributed by atoms with van der Waals surface area (Å²) >= 11 is 0. The predicted octanol–water partition coefficient (Wildman–Crippen LogP) is 3.69. The van der Waals surface area contributed by atoms with Gasteiger partial charge in [0.2, 0.25) is 0 Å². The molecule has 20 heavy (non-hydrogen) atoms. The molecule has 0 bridgehead atoms. The molecule has 2 aromatic rings. The Morgan fingerprint density at radius 1 is 1.20 bits per heavy atom. The van der Waals surface area contributed by atoms with Crippen LogP contribution in [0.1, 0.15) is 28.3 Å². The van der Waals surface area contributed by atoms with Crippen LogP contribution in [-0.4, -0.2) is 7.11 Å². The van der Waals surface area contributed by atoms with Crippen molar-refractivity contribution in [1.82, 2.24) is 0 Å². The van der Waals surface area contributed by atoms with Crippen molar-refractivity contribution in [2.75, 3.05) is 7.11 Å². The van der Waals surface area contributed by atoms with Crippen LogP contribution in [0.15, 0.2) is 36.4 Å². The van der Waals surface area contributed by atoms with E-state index in [4.69, 9.17) is 10.5 Å². The Kier molecular flexibility index (Phi) is 4.40. The van der Waals surface area contributed by atoms with Gasteiger partial charge in [0.25, 0.3) is 0 Å². The van der Waals surface area contributed by atoms with Gasteiger partial charge >= 0.3 is 0 Å². The smallest absolute Gasteiger partial charge is 0.169 e. The number of nitrogens with two attached hydrogens (primary N) is 1. The van der Waals surface area contributed by atoms with Crippen LogP contribution in [0.4, 0.5) is 4.39 Å². The number of hydrogen-bond donors (Lipinski definition) is 1. The summed E-state index contributed by atoms with van der Waals surface area (Å²) in [4.78, 5) is 0. The molecule has 0 aliphatic carbocycles. The molecule has 0 saturated heterocycles. The van der Waals surface area contributed by atoms with E-state index in [0.29, 0.717) is 12.0 Å². The minimum absolute atomic E-state index is 0.235. The second kappa shape index (κ2) is 6.06. The van der Waals surface area contributed by atoms with E-state index in [0.717, 1.165) is 5.56 Å². The SMILES string of the molecule is COc1cccc(C(N)Cc2cc(C)ccc2C)c1F. The Hall–Kier alpha value is -1.87. The Morgan fingerprint density at radius 3 is 2.65 bits per heavy atom. The quantitative estimate of drug-likeness (QED) is 0.922. The summed E-state index contributed by atoms with van der Waals surface area (Å²) in [6, 6.07) is 10.9. The predicted molar refractivity (Wildman–Crippen MR) is 79.5 cm³/mol. The summed E-state index contributed by atoms with van der Waals surface area (Å²) in [5.74, 6) is -0.133. The van der Waals surface area contributed by atoms with Crippen LogP contribution in [0.25, 0.3) is 0 Å². The van der Waals surface area contributed by atoms with Crippen molar-refractivity contribution in [3.8, 4) is 5.75 Å². The molecular weight excluding hydrogens is 253 g/mol. The Balaban J connectivity index is 2.28. The Bertz CT molecular complexity index is 610. The summed E-state index contributed by atoms with van der Waals surface area (Å²) in [5.41, 5.74) is 10.2. The maximum Gasteiger partial charge on any atom is 0.169 e. The number of ether oxygens (including phenoxy) is 1. The van der Waals surface area contributed by atoms with Gasteiger partial charge in [0, 0.05) is 11.6 Å². The molecule has 106 valence electrons. The summed E-state index contributed by atoms with van der Waals surface area (Å²) in [6.07, 6.45) is 0.609. The van der Waals surface area contributed by atoms with Crippen molar-refractivity contribution in [2.24, 2.45) is 5.73 Å². The van der Waals surface area contributed by atoms with Gasteiger partial charge in [-0.1, -0.05) is 35.9 Å². The lowest BCUT2D eigenvalue weighted by Gasteiger charge is -2.16. The molecule has 0 aromatic heterocycles. The van der Waals surface area contributed by atoms with Crippen molar-refractivity contribution < 1.29 is 9.13 Å². The van der Waals surface area contributed by atoms with Gasteiger partial charge in [0.1, 0.15) is 0 Å². The zero-order valence-corrected chi connectivity index (χ0v) is 12.1. The molecule has 0 fully saturated rings. The molecule has 0 heterocycles. The second-order valence-corrected chi connectivity index (χ2v) is 5.10. The third-order valence-electron chi connectivity index (χ3n) is 3.56. The molecule has 1 atom stereocenters. The van der Waals surface area contributed by atoms with Crippen LogP contribution in [-0.2, 0) is 6.42 Å². The molecule has 2 N–H and O–H groups in total. The molecule has 2 rings (SSSR count).